The van der Waals surface area contributed by atoms with E-state index in [2.05, 4.69) is 58.3 Å². The molecule has 2 saturated heterocycles. The van der Waals surface area contributed by atoms with E-state index in [1.807, 2.05) is 22.7 Å². The third-order valence-electron chi connectivity index (χ3n) is 6.28. The van der Waals surface area contributed by atoms with Crippen LogP contribution in [0.1, 0.15) is 45.2 Å². The zero-order valence-electron chi connectivity index (χ0n) is 15.2. The normalized spacial score (nSPS) is 28.1. The summed E-state index contributed by atoms with van der Waals surface area (Å²) in [6.45, 7) is 4.43. The zero-order valence-corrected chi connectivity index (χ0v) is 16.8. The van der Waals surface area contributed by atoms with E-state index in [1.54, 1.807) is 0 Å². The Kier molecular flexibility index (Phi) is 4.22. The molecule has 0 N–H and O–H groups in total. The van der Waals surface area contributed by atoms with Crippen LogP contribution < -0.4 is 0 Å². The molecule has 2 bridgehead atoms. The van der Waals surface area contributed by atoms with Crippen molar-refractivity contribution in [2.24, 2.45) is 5.92 Å². The van der Waals surface area contributed by atoms with Crippen molar-refractivity contribution in [3.8, 4) is 0 Å². The van der Waals surface area contributed by atoms with Crippen molar-refractivity contribution in [3.05, 3.63) is 49.9 Å². The van der Waals surface area contributed by atoms with Crippen molar-refractivity contribution in [2.45, 2.75) is 51.6 Å². The third-order valence-corrected chi connectivity index (χ3v) is 8.35. The molecule has 0 radical (unpaired) electrons. The largest absolute Gasteiger partial charge is 0.324 e. The first-order valence-electron chi connectivity index (χ1n) is 9.12. The molecule has 2 aromatic heterocycles. The molecule has 1 nitrogen and oxygen atoms in total. The molecule has 0 saturated carbocycles. The molecule has 2 aliphatic rings. The first-order valence-corrected chi connectivity index (χ1v) is 10.8. The number of hydrogen-bond donors (Lipinski definition) is 0. The van der Waals surface area contributed by atoms with E-state index in [0.717, 1.165) is 18.0 Å². The van der Waals surface area contributed by atoms with Crippen LogP contribution in [0.4, 0.5) is 0 Å². The lowest BCUT2D eigenvalue weighted by Crippen LogP contribution is -2.54. The van der Waals surface area contributed by atoms with Gasteiger partial charge in [0.2, 0.25) is 0 Å². The molecule has 2 aromatic rings. The lowest BCUT2D eigenvalue weighted by atomic mass is 9.87. The summed E-state index contributed by atoms with van der Waals surface area (Å²) in [7, 11) is 4.91. The predicted octanol–water partition coefficient (Wildman–Crippen LogP) is 5.88. The summed E-state index contributed by atoms with van der Waals surface area (Å²) in [4.78, 5) is 5.71. The number of piperidine rings is 1. The molecule has 3 atom stereocenters. The van der Waals surface area contributed by atoms with E-state index in [0.29, 0.717) is 0 Å². The highest BCUT2D eigenvalue weighted by Gasteiger charge is 2.48. The minimum absolute atomic E-state index is 0.744. The van der Waals surface area contributed by atoms with Crippen molar-refractivity contribution in [1.82, 2.24) is 0 Å². The lowest BCUT2D eigenvalue weighted by molar-refractivity contribution is -0.931. The lowest BCUT2D eigenvalue weighted by Gasteiger charge is -2.43. The summed E-state index contributed by atoms with van der Waals surface area (Å²) in [5, 5.41) is 0. The second-order valence-electron chi connectivity index (χ2n) is 8.15. The maximum Gasteiger partial charge on any atom is 0.0896 e. The van der Waals surface area contributed by atoms with Crippen LogP contribution in [0.5, 0.6) is 0 Å². The second kappa shape index (κ2) is 6.12. The molecule has 0 aromatic carbocycles. The van der Waals surface area contributed by atoms with Gasteiger partial charge in [0.05, 0.1) is 26.2 Å². The van der Waals surface area contributed by atoms with Crippen molar-refractivity contribution >= 4 is 28.2 Å². The van der Waals surface area contributed by atoms with Crippen LogP contribution in [0.15, 0.2) is 30.3 Å². The summed E-state index contributed by atoms with van der Waals surface area (Å²) in [6.07, 6.45) is 8.20. The molecule has 128 valence electrons. The van der Waals surface area contributed by atoms with Crippen molar-refractivity contribution < 1.29 is 4.48 Å². The van der Waals surface area contributed by atoms with Crippen LogP contribution in [-0.2, 0) is 0 Å². The Morgan fingerprint density at radius 3 is 1.83 bits per heavy atom. The van der Waals surface area contributed by atoms with E-state index in [9.17, 15) is 0 Å². The van der Waals surface area contributed by atoms with Gasteiger partial charge in [-0.25, -0.2) is 0 Å². The van der Waals surface area contributed by atoms with Crippen LogP contribution in [0.2, 0.25) is 0 Å². The molecule has 4 rings (SSSR count). The molecule has 4 heterocycles. The van der Waals surface area contributed by atoms with Crippen LogP contribution >= 0.6 is 22.7 Å². The highest BCUT2D eigenvalue weighted by Crippen LogP contribution is 2.44. The van der Waals surface area contributed by atoms with Gasteiger partial charge in [-0.1, -0.05) is 6.08 Å². The Bertz CT molecular complexity index is 706. The van der Waals surface area contributed by atoms with Gasteiger partial charge in [0.15, 0.2) is 0 Å². The second-order valence-corrected chi connectivity index (χ2v) is 10.7. The molecule has 0 amide bonds. The molecule has 0 spiro atoms. The van der Waals surface area contributed by atoms with Crippen LogP contribution in [0.25, 0.3) is 5.57 Å². The minimum atomic E-state index is 0.744. The molecule has 2 aliphatic heterocycles. The number of thiophene rings is 2. The van der Waals surface area contributed by atoms with Crippen LogP contribution in [-0.4, -0.2) is 30.7 Å². The molecule has 1 unspecified atom stereocenters. The monoisotopic (exact) mass is 358 g/mol. The summed E-state index contributed by atoms with van der Waals surface area (Å²) in [6, 6.07) is 10.9. The van der Waals surface area contributed by atoms with Gasteiger partial charge in [-0.15, -0.1) is 22.7 Å². The van der Waals surface area contributed by atoms with E-state index >= 15 is 0 Å². The number of allylic oxidation sites excluding steroid dienone is 1. The van der Waals surface area contributed by atoms with Crippen molar-refractivity contribution in [3.63, 3.8) is 0 Å². The van der Waals surface area contributed by atoms with E-state index < -0.39 is 0 Å². The predicted molar refractivity (Wildman–Crippen MR) is 107 cm³/mol. The number of hydrogen-bond acceptors (Lipinski definition) is 2. The van der Waals surface area contributed by atoms with Crippen LogP contribution in [0, 0.1) is 19.8 Å². The van der Waals surface area contributed by atoms with Gasteiger partial charge >= 0.3 is 0 Å². The summed E-state index contributed by atoms with van der Waals surface area (Å²) < 4.78 is 1.26. The summed E-state index contributed by atoms with van der Waals surface area (Å²) in [5.41, 5.74) is 1.49. The van der Waals surface area contributed by atoms with Gasteiger partial charge in [0.1, 0.15) is 0 Å². The standard InChI is InChI=1S/C21H28NS2/c1-14-5-9-20(23-14)19(21-10-6-15(2)24-21)13-16-11-17-7-8-18(12-16)22(17,3)4/h5-6,9-10,13,16-18H,7-8,11-12H2,1-4H3/q+1/t16?,17-,18+. The fourth-order valence-corrected chi connectivity index (χ4v) is 6.62. The maximum absolute atomic E-state index is 2.63. The first-order chi connectivity index (χ1) is 11.4. The fraction of sp³-hybridized carbons (Fsp3) is 0.524. The Hall–Kier alpha value is -0.900. The van der Waals surface area contributed by atoms with E-state index in [1.165, 1.54) is 55.2 Å². The van der Waals surface area contributed by atoms with E-state index in [4.69, 9.17) is 0 Å². The molecule has 3 heteroatoms. The maximum atomic E-state index is 2.63. The van der Waals surface area contributed by atoms with Crippen LogP contribution in [0.3, 0.4) is 0 Å². The van der Waals surface area contributed by atoms with Gasteiger partial charge in [0, 0.05) is 50.8 Å². The Balaban J connectivity index is 1.68. The van der Waals surface area contributed by atoms with Gasteiger partial charge in [-0.2, -0.15) is 0 Å². The van der Waals surface area contributed by atoms with Crippen molar-refractivity contribution in [2.75, 3.05) is 14.1 Å². The molecule has 0 aliphatic carbocycles. The molecular formula is C21H28NS2+. The third kappa shape index (κ3) is 2.91. The quantitative estimate of drug-likeness (QED) is 0.601. The first kappa shape index (κ1) is 16.6. The highest BCUT2D eigenvalue weighted by molar-refractivity contribution is 7.15. The molecule has 2 fully saturated rings. The summed E-state index contributed by atoms with van der Waals surface area (Å²) >= 11 is 3.88. The molecule has 24 heavy (non-hydrogen) atoms. The number of aryl methyl sites for hydroxylation is 2. The smallest absolute Gasteiger partial charge is 0.0896 e. The number of nitrogens with zero attached hydrogens (tertiary/aromatic N) is 1. The number of quaternary nitrogens is 1. The number of rotatable bonds is 3. The minimum Gasteiger partial charge on any atom is -0.324 e. The van der Waals surface area contributed by atoms with E-state index in [-0.39, 0.29) is 0 Å². The summed E-state index contributed by atoms with van der Waals surface area (Å²) in [5.74, 6) is 0.744. The fourth-order valence-electron chi connectivity index (χ4n) is 4.74. The Labute approximate surface area is 154 Å². The SMILES string of the molecule is Cc1ccc(C(=CC2C[C@H]3CC[C@@H](C2)[N+]3(C)C)c2ccc(C)s2)s1. The Morgan fingerprint density at radius 1 is 0.917 bits per heavy atom. The zero-order chi connectivity index (χ0) is 16.9. The van der Waals surface area contributed by atoms with Gasteiger partial charge in [-0.05, 0) is 44.0 Å². The Morgan fingerprint density at radius 2 is 1.42 bits per heavy atom. The number of fused-ring (bicyclic) bond motifs is 2. The topological polar surface area (TPSA) is 0 Å². The van der Waals surface area contributed by atoms with Gasteiger partial charge < -0.3 is 4.48 Å². The highest BCUT2D eigenvalue weighted by atomic mass is 32.1. The molecular weight excluding hydrogens is 330 g/mol. The van der Waals surface area contributed by atoms with Gasteiger partial charge in [-0.3, -0.25) is 0 Å². The average molecular weight is 359 g/mol. The van der Waals surface area contributed by atoms with Gasteiger partial charge in [0.25, 0.3) is 0 Å². The van der Waals surface area contributed by atoms with Crippen molar-refractivity contribution in [1.29, 1.82) is 0 Å². The average Bonchev–Trinajstić information content (AvgIpc) is 3.15.